The molecule has 6 heteroatoms. The summed E-state index contributed by atoms with van der Waals surface area (Å²) in [5.41, 5.74) is 0. The van der Waals surface area contributed by atoms with Gasteiger partial charge in [-0.2, -0.15) is 15.0 Å². The lowest BCUT2D eigenvalue weighted by atomic mass is 10.2. The maximum absolute atomic E-state index is 5.46. The van der Waals surface area contributed by atoms with E-state index in [4.69, 9.17) is 4.74 Å². The minimum absolute atomic E-state index is 0.341. The molecule has 0 fully saturated rings. The van der Waals surface area contributed by atoms with Crippen molar-refractivity contribution in [1.29, 1.82) is 0 Å². The Morgan fingerprint density at radius 2 is 1.86 bits per heavy atom. The maximum Gasteiger partial charge on any atom is 0.323 e. The molecular weight excluding hydrogens is 266 g/mol. The van der Waals surface area contributed by atoms with Gasteiger partial charge in [0.25, 0.3) is 0 Å². The van der Waals surface area contributed by atoms with E-state index in [1.807, 2.05) is 13.8 Å². The number of hydrogen-bond acceptors (Lipinski definition) is 6. The van der Waals surface area contributed by atoms with E-state index in [0.29, 0.717) is 30.6 Å². The van der Waals surface area contributed by atoms with Gasteiger partial charge in [-0.1, -0.05) is 19.8 Å². The summed E-state index contributed by atoms with van der Waals surface area (Å²) >= 11 is 0. The van der Waals surface area contributed by atoms with E-state index in [1.54, 1.807) is 0 Å². The van der Waals surface area contributed by atoms with Gasteiger partial charge in [-0.05, 0) is 34.1 Å². The van der Waals surface area contributed by atoms with Crippen LogP contribution in [0.2, 0.25) is 0 Å². The standard InChI is InChI=1S/C15H29N5O/c1-6-9-10-11-20(12(4)5)14-17-13(16-7-2)18-15(19-14)21-8-3/h12H,6-11H2,1-5H3,(H,16,17,18,19). The zero-order chi connectivity index (χ0) is 15.7. The van der Waals surface area contributed by atoms with Gasteiger partial charge in [-0.3, -0.25) is 0 Å². The minimum atomic E-state index is 0.341. The normalized spacial score (nSPS) is 10.8. The number of ether oxygens (including phenoxy) is 1. The summed E-state index contributed by atoms with van der Waals surface area (Å²) in [6.45, 7) is 12.7. The van der Waals surface area contributed by atoms with Gasteiger partial charge in [0.05, 0.1) is 6.61 Å². The van der Waals surface area contributed by atoms with Crippen molar-refractivity contribution in [1.82, 2.24) is 15.0 Å². The molecule has 0 radical (unpaired) electrons. The van der Waals surface area contributed by atoms with E-state index in [0.717, 1.165) is 19.5 Å². The molecule has 1 aromatic heterocycles. The van der Waals surface area contributed by atoms with Crippen molar-refractivity contribution in [2.45, 2.75) is 59.9 Å². The van der Waals surface area contributed by atoms with Crippen LogP contribution in [0.3, 0.4) is 0 Å². The van der Waals surface area contributed by atoms with Gasteiger partial charge in [0.15, 0.2) is 0 Å². The van der Waals surface area contributed by atoms with Gasteiger partial charge in [-0.25, -0.2) is 0 Å². The van der Waals surface area contributed by atoms with E-state index in [-0.39, 0.29) is 0 Å². The Kier molecular flexibility index (Phi) is 7.79. The van der Waals surface area contributed by atoms with Crippen LogP contribution in [0.1, 0.15) is 53.9 Å². The van der Waals surface area contributed by atoms with Crippen LogP contribution in [0.15, 0.2) is 0 Å². The fourth-order valence-electron chi connectivity index (χ4n) is 2.03. The monoisotopic (exact) mass is 295 g/mol. The van der Waals surface area contributed by atoms with Crippen molar-refractivity contribution in [2.24, 2.45) is 0 Å². The van der Waals surface area contributed by atoms with Gasteiger partial charge in [-0.15, -0.1) is 0 Å². The average Bonchev–Trinajstić information content (AvgIpc) is 2.43. The van der Waals surface area contributed by atoms with Crippen molar-refractivity contribution < 1.29 is 4.74 Å². The van der Waals surface area contributed by atoms with E-state index in [2.05, 4.69) is 45.9 Å². The van der Waals surface area contributed by atoms with Crippen LogP contribution in [-0.4, -0.2) is 40.7 Å². The Balaban J connectivity index is 2.98. The van der Waals surface area contributed by atoms with Gasteiger partial charge in [0.1, 0.15) is 0 Å². The Morgan fingerprint density at radius 1 is 1.10 bits per heavy atom. The van der Waals surface area contributed by atoms with E-state index < -0.39 is 0 Å². The topological polar surface area (TPSA) is 63.2 Å². The summed E-state index contributed by atoms with van der Waals surface area (Å²) in [6, 6.07) is 0.729. The molecule has 0 saturated carbocycles. The lowest BCUT2D eigenvalue weighted by Gasteiger charge is -2.27. The van der Waals surface area contributed by atoms with Crippen LogP contribution in [-0.2, 0) is 0 Å². The van der Waals surface area contributed by atoms with Crippen LogP contribution < -0.4 is 15.0 Å². The molecule has 0 bridgehead atoms. The molecule has 0 atom stereocenters. The zero-order valence-electron chi connectivity index (χ0n) is 14.0. The summed E-state index contributed by atoms with van der Waals surface area (Å²) in [4.78, 5) is 15.4. The second kappa shape index (κ2) is 9.37. The van der Waals surface area contributed by atoms with Crippen LogP contribution in [0.25, 0.3) is 0 Å². The zero-order valence-corrected chi connectivity index (χ0v) is 14.0. The molecule has 0 spiro atoms. The molecule has 0 saturated heterocycles. The van der Waals surface area contributed by atoms with Crippen molar-refractivity contribution in [2.75, 3.05) is 29.9 Å². The highest BCUT2D eigenvalue weighted by atomic mass is 16.5. The number of hydrogen-bond donors (Lipinski definition) is 1. The molecule has 0 unspecified atom stereocenters. The predicted octanol–water partition coefficient (Wildman–Crippen LogP) is 3.11. The molecule has 1 rings (SSSR count). The lowest BCUT2D eigenvalue weighted by Crippen LogP contribution is -2.33. The first-order valence-electron chi connectivity index (χ1n) is 8.01. The summed E-state index contributed by atoms with van der Waals surface area (Å²) in [6.07, 6.45) is 3.56. The Labute approximate surface area is 128 Å². The highest BCUT2D eigenvalue weighted by molar-refractivity contribution is 5.39. The highest BCUT2D eigenvalue weighted by Gasteiger charge is 2.16. The minimum Gasteiger partial charge on any atom is -0.464 e. The van der Waals surface area contributed by atoms with Gasteiger partial charge < -0.3 is 15.0 Å². The van der Waals surface area contributed by atoms with Crippen LogP contribution in [0.4, 0.5) is 11.9 Å². The molecule has 0 aliphatic heterocycles. The second-order valence-corrected chi connectivity index (χ2v) is 5.20. The molecule has 120 valence electrons. The van der Waals surface area contributed by atoms with E-state index in [9.17, 15) is 0 Å². The molecule has 0 aromatic carbocycles. The van der Waals surface area contributed by atoms with Crippen LogP contribution in [0.5, 0.6) is 6.01 Å². The third-order valence-electron chi connectivity index (χ3n) is 3.09. The summed E-state index contributed by atoms with van der Waals surface area (Å²) in [5.74, 6) is 1.27. The number of anilines is 2. The first-order valence-corrected chi connectivity index (χ1v) is 8.01. The highest BCUT2D eigenvalue weighted by Crippen LogP contribution is 2.18. The second-order valence-electron chi connectivity index (χ2n) is 5.20. The SMILES string of the molecule is CCCCCN(c1nc(NCC)nc(OCC)n1)C(C)C. The molecule has 6 nitrogen and oxygen atoms in total. The molecule has 0 aliphatic rings. The van der Waals surface area contributed by atoms with Gasteiger partial charge in [0, 0.05) is 19.1 Å². The number of rotatable bonds is 10. The lowest BCUT2D eigenvalue weighted by molar-refractivity contribution is 0.311. The first-order chi connectivity index (χ1) is 10.1. The van der Waals surface area contributed by atoms with Crippen molar-refractivity contribution in [3.63, 3.8) is 0 Å². The largest absolute Gasteiger partial charge is 0.464 e. The third kappa shape index (κ3) is 5.73. The van der Waals surface area contributed by atoms with Gasteiger partial charge >= 0.3 is 6.01 Å². The molecule has 1 heterocycles. The van der Waals surface area contributed by atoms with E-state index in [1.165, 1.54) is 12.8 Å². The van der Waals surface area contributed by atoms with Crippen molar-refractivity contribution in [3.8, 4) is 6.01 Å². The molecule has 0 amide bonds. The Bertz CT molecular complexity index is 387. The first kappa shape index (κ1) is 17.5. The fraction of sp³-hybridized carbons (Fsp3) is 0.800. The number of aromatic nitrogens is 3. The molecule has 1 N–H and O–H groups in total. The number of nitrogens with one attached hydrogen (secondary N) is 1. The molecular formula is C15H29N5O. The van der Waals surface area contributed by atoms with Crippen LogP contribution >= 0.6 is 0 Å². The summed E-state index contributed by atoms with van der Waals surface area (Å²) in [7, 11) is 0. The summed E-state index contributed by atoms with van der Waals surface area (Å²) < 4.78 is 5.46. The van der Waals surface area contributed by atoms with Crippen molar-refractivity contribution >= 4 is 11.9 Å². The fourth-order valence-corrected chi connectivity index (χ4v) is 2.03. The Morgan fingerprint density at radius 3 is 2.43 bits per heavy atom. The average molecular weight is 295 g/mol. The molecule has 1 aromatic rings. The van der Waals surface area contributed by atoms with Crippen molar-refractivity contribution in [3.05, 3.63) is 0 Å². The Hall–Kier alpha value is -1.59. The number of nitrogens with zero attached hydrogens (tertiary/aromatic N) is 4. The van der Waals surface area contributed by atoms with Crippen LogP contribution in [0, 0.1) is 0 Å². The summed E-state index contributed by atoms with van der Waals surface area (Å²) in [5, 5.41) is 3.14. The molecule has 21 heavy (non-hydrogen) atoms. The predicted molar refractivity (Wildman–Crippen MR) is 87.2 cm³/mol. The maximum atomic E-state index is 5.46. The van der Waals surface area contributed by atoms with E-state index >= 15 is 0 Å². The quantitative estimate of drug-likeness (QED) is 0.669. The number of unbranched alkanes of at least 4 members (excludes halogenated alkanes) is 2. The third-order valence-corrected chi connectivity index (χ3v) is 3.09. The molecule has 0 aliphatic carbocycles. The smallest absolute Gasteiger partial charge is 0.323 e. The van der Waals surface area contributed by atoms with Gasteiger partial charge in [0.2, 0.25) is 11.9 Å².